The third kappa shape index (κ3) is 4.24. The fraction of sp³-hybridized carbons (Fsp3) is 0.130. The van der Waals surface area contributed by atoms with Gasteiger partial charge >= 0.3 is 0 Å². The number of nitrogens with one attached hydrogen (secondary N) is 1. The molecular weight excluding hydrogens is 466 g/mol. The summed E-state index contributed by atoms with van der Waals surface area (Å²) in [6, 6.07) is 12.1. The zero-order valence-electron chi connectivity index (χ0n) is 17.0. The number of rotatable bonds is 5. The van der Waals surface area contributed by atoms with Gasteiger partial charge in [-0.2, -0.15) is 0 Å². The lowest BCUT2D eigenvalue weighted by Gasteiger charge is -2.13. The summed E-state index contributed by atoms with van der Waals surface area (Å²) >= 11 is 6.98. The zero-order valence-corrected chi connectivity index (χ0v) is 18.6. The van der Waals surface area contributed by atoms with Gasteiger partial charge in [-0.15, -0.1) is 0 Å². The van der Waals surface area contributed by atoms with Gasteiger partial charge in [-0.05, 0) is 53.7 Å². The molecule has 33 heavy (non-hydrogen) atoms. The fourth-order valence-corrected chi connectivity index (χ4v) is 4.64. The maximum Gasteiger partial charge on any atom is 0.293 e. The number of fused-ring (bicyclic) bond motifs is 2. The predicted octanol–water partition coefficient (Wildman–Crippen LogP) is 4.08. The molecule has 0 aliphatic carbocycles. The summed E-state index contributed by atoms with van der Waals surface area (Å²) in [4.78, 5) is 43.5. The molecule has 0 unspecified atom stereocenters. The molecule has 0 spiro atoms. The number of ether oxygens (including phenoxy) is 2. The quantitative estimate of drug-likeness (QED) is 0.548. The highest BCUT2D eigenvalue weighted by Crippen LogP contribution is 2.36. The molecule has 3 amide bonds. The van der Waals surface area contributed by atoms with Crippen molar-refractivity contribution >= 4 is 57.4 Å². The summed E-state index contributed by atoms with van der Waals surface area (Å²) in [7, 11) is 0. The van der Waals surface area contributed by atoms with Gasteiger partial charge in [0.25, 0.3) is 17.1 Å². The van der Waals surface area contributed by atoms with Crippen molar-refractivity contribution < 1.29 is 23.9 Å². The lowest BCUT2D eigenvalue weighted by molar-refractivity contribution is -0.122. The number of carbonyl (C=O) groups excluding carboxylic acids is 3. The average molecular weight is 482 g/mol. The van der Waals surface area contributed by atoms with Gasteiger partial charge in [-0.3, -0.25) is 24.3 Å². The minimum atomic E-state index is -0.410. The Labute approximate surface area is 197 Å². The van der Waals surface area contributed by atoms with Gasteiger partial charge in [0.1, 0.15) is 0 Å². The van der Waals surface area contributed by atoms with E-state index >= 15 is 0 Å². The number of hydrogen-bond acceptors (Lipinski definition) is 7. The van der Waals surface area contributed by atoms with Gasteiger partial charge in [-0.25, -0.2) is 0 Å². The molecule has 0 atom stereocenters. The third-order valence-corrected chi connectivity index (χ3v) is 6.23. The maximum atomic E-state index is 12.7. The molecule has 5 rings (SSSR count). The summed E-state index contributed by atoms with van der Waals surface area (Å²) in [5.41, 5.74) is 1.57. The van der Waals surface area contributed by atoms with Gasteiger partial charge in [0.05, 0.1) is 16.0 Å². The normalized spacial score (nSPS) is 16.2. The van der Waals surface area contributed by atoms with Crippen molar-refractivity contribution in [2.45, 2.75) is 0 Å². The van der Waals surface area contributed by atoms with Crippen molar-refractivity contribution in [3.05, 3.63) is 69.7 Å². The molecule has 0 saturated carbocycles. The molecule has 1 N–H and O–H groups in total. The molecule has 10 heteroatoms. The van der Waals surface area contributed by atoms with E-state index in [4.69, 9.17) is 21.1 Å². The second kappa shape index (κ2) is 8.76. The molecular formula is C23H16ClN3O5S. The summed E-state index contributed by atoms with van der Waals surface area (Å²) in [5, 5.41) is 3.51. The second-order valence-corrected chi connectivity index (χ2v) is 8.66. The van der Waals surface area contributed by atoms with Crippen molar-refractivity contribution in [2.75, 3.05) is 19.9 Å². The number of amides is 3. The highest BCUT2D eigenvalue weighted by molar-refractivity contribution is 8.18. The summed E-state index contributed by atoms with van der Waals surface area (Å²) < 4.78 is 10.6. The molecule has 2 aliphatic heterocycles. The van der Waals surface area contributed by atoms with Gasteiger partial charge in [0, 0.05) is 29.7 Å². The number of hydrogen-bond donors (Lipinski definition) is 1. The number of halogens is 1. The van der Waals surface area contributed by atoms with Crippen LogP contribution in [-0.4, -0.2) is 46.8 Å². The van der Waals surface area contributed by atoms with E-state index < -0.39 is 11.1 Å². The van der Waals surface area contributed by atoms with Crippen LogP contribution in [0, 0.1) is 0 Å². The van der Waals surface area contributed by atoms with E-state index in [1.54, 1.807) is 48.7 Å². The molecule has 2 aromatic carbocycles. The molecule has 3 aromatic rings. The van der Waals surface area contributed by atoms with E-state index in [2.05, 4.69) is 10.3 Å². The second-order valence-electron chi connectivity index (χ2n) is 7.23. The Balaban J connectivity index is 1.25. The Morgan fingerprint density at radius 2 is 2.03 bits per heavy atom. The maximum absolute atomic E-state index is 12.7. The molecule has 2 aliphatic rings. The first-order valence-corrected chi connectivity index (χ1v) is 11.2. The van der Waals surface area contributed by atoms with Crippen LogP contribution in [0.4, 0.5) is 4.79 Å². The van der Waals surface area contributed by atoms with Crippen LogP contribution >= 0.6 is 23.4 Å². The van der Waals surface area contributed by atoms with Gasteiger partial charge in [-0.1, -0.05) is 23.7 Å². The first kappa shape index (κ1) is 21.3. The highest BCUT2D eigenvalue weighted by atomic mass is 35.5. The number of carbonyl (C=O) groups is 3. The fourth-order valence-electron chi connectivity index (χ4n) is 3.55. The van der Waals surface area contributed by atoms with E-state index in [9.17, 15) is 14.4 Å². The van der Waals surface area contributed by atoms with Crippen LogP contribution in [0.25, 0.3) is 17.0 Å². The lowest BCUT2D eigenvalue weighted by Crippen LogP contribution is -2.37. The average Bonchev–Trinajstić information content (AvgIpc) is 3.37. The smallest absolute Gasteiger partial charge is 0.293 e. The van der Waals surface area contributed by atoms with Crippen molar-refractivity contribution in [1.82, 2.24) is 15.2 Å². The van der Waals surface area contributed by atoms with Gasteiger partial charge in [0.2, 0.25) is 6.79 Å². The van der Waals surface area contributed by atoms with E-state index in [-0.39, 0.29) is 25.8 Å². The summed E-state index contributed by atoms with van der Waals surface area (Å²) in [5.74, 6) is 0.434. The standard InChI is InChI=1S/C23H16ClN3O5S/c24-15-10-14-2-1-5-25-20(14)16(11-15)21(28)26-6-7-27-22(29)19(33-23(27)30)9-13-3-4-17-18(8-13)32-12-31-17/h1-5,8-11H,6-7,12H2,(H,26,28). The molecule has 3 heterocycles. The largest absolute Gasteiger partial charge is 0.454 e. The first-order chi connectivity index (χ1) is 16.0. The topological polar surface area (TPSA) is 97.8 Å². The molecule has 0 radical (unpaired) electrons. The van der Waals surface area contributed by atoms with E-state index in [1.165, 1.54) is 0 Å². The Hall–Kier alpha value is -3.56. The van der Waals surface area contributed by atoms with E-state index in [0.29, 0.717) is 32.5 Å². The number of nitrogens with zero attached hydrogens (tertiary/aromatic N) is 2. The van der Waals surface area contributed by atoms with E-state index in [0.717, 1.165) is 27.6 Å². The van der Waals surface area contributed by atoms with Crippen molar-refractivity contribution in [2.24, 2.45) is 0 Å². The molecule has 166 valence electrons. The van der Waals surface area contributed by atoms with Crippen molar-refractivity contribution in [3.8, 4) is 11.5 Å². The minimum absolute atomic E-state index is 0.0425. The van der Waals surface area contributed by atoms with Crippen LogP contribution in [-0.2, 0) is 4.79 Å². The zero-order chi connectivity index (χ0) is 22.9. The number of benzene rings is 2. The highest BCUT2D eigenvalue weighted by Gasteiger charge is 2.34. The minimum Gasteiger partial charge on any atom is -0.454 e. The first-order valence-electron chi connectivity index (χ1n) is 9.97. The Morgan fingerprint density at radius 3 is 2.91 bits per heavy atom. The van der Waals surface area contributed by atoms with Gasteiger partial charge < -0.3 is 14.8 Å². The van der Waals surface area contributed by atoms with Crippen LogP contribution in [0.5, 0.6) is 11.5 Å². The van der Waals surface area contributed by atoms with Crippen LogP contribution in [0.1, 0.15) is 15.9 Å². The van der Waals surface area contributed by atoms with Gasteiger partial charge in [0.15, 0.2) is 11.5 Å². The molecule has 1 aromatic heterocycles. The number of aromatic nitrogens is 1. The van der Waals surface area contributed by atoms with Crippen molar-refractivity contribution in [1.29, 1.82) is 0 Å². The molecule has 1 fully saturated rings. The predicted molar refractivity (Wildman–Crippen MR) is 124 cm³/mol. The van der Waals surface area contributed by atoms with Crippen molar-refractivity contribution in [3.63, 3.8) is 0 Å². The van der Waals surface area contributed by atoms with Crippen LogP contribution in [0.3, 0.4) is 0 Å². The van der Waals surface area contributed by atoms with E-state index in [1.807, 2.05) is 6.07 Å². The molecule has 0 bridgehead atoms. The number of imide groups is 1. The Morgan fingerprint density at radius 1 is 1.18 bits per heavy atom. The number of pyridine rings is 1. The molecule has 8 nitrogen and oxygen atoms in total. The van der Waals surface area contributed by atoms with Crippen LogP contribution in [0.15, 0.2) is 53.6 Å². The molecule has 1 saturated heterocycles. The SMILES string of the molecule is O=C(NCCN1C(=O)SC(=Cc2ccc3c(c2)OCO3)C1=O)c1cc(Cl)cc2cccnc12. The number of thioether (sulfide) groups is 1. The third-order valence-electron chi connectivity index (χ3n) is 5.10. The Kier molecular flexibility index (Phi) is 5.65. The summed E-state index contributed by atoms with van der Waals surface area (Å²) in [6.45, 7) is 0.290. The monoisotopic (exact) mass is 481 g/mol. The summed E-state index contributed by atoms with van der Waals surface area (Å²) in [6.07, 6.45) is 3.23. The Bertz CT molecular complexity index is 1340. The van der Waals surface area contributed by atoms with Crippen LogP contribution in [0.2, 0.25) is 5.02 Å². The van der Waals surface area contributed by atoms with Crippen LogP contribution < -0.4 is 14.8 Å². The lowest BCUT2D eigenvalue weighted by atomic mass is 10.1.